The molecule has 0 radical (unpaired) electrons. The van der Waals surface area contributed by atoms with E-state index in [9.17, 15) is 4.79 Å². The monoisotopic (exact) mass is 269 g/mol. The van der Waals surface area contributed by atoms with Gasteiger partial charge in [0.05, 0.1) is 13.0 Å². The molecule has 20 heavy (non-hydrogen) atoms. The van der Waals surface area contributed by atoms with Crippen LogP contribution in [0.25, 0.3) is 0 Å². The third-order valence-electron chi connectivity index (χ3n) is 2.92. The van der Waals surface area contributed by atoms with Gasteiger partial charge in [-0.3, -0.25) is 4.79 Å². The Hall–Kier alpha value is -2.29. The van der Waals surface area contributed by atoms with Gasteiger partial charge in [0.1, 0.15) is 12.4 Å². The summed E-state index contributed by atoms with van der Waals surface area (Å²) in [5, 5.41) is 2.85. The molecule has 0 aliphatic carbocycles. The van der Waals surface area contributed by atoms with Gasteiger partial charge in [0.25, 0.3) is 0 Å². The third-order valence-corrected chi connectivity index (χ3v) is 2.92. The molecule has 0 aliphatic rings. The molecule has 0 unspecified atom stereocenters. The van der Waals surface area contributed by atoms with Crippen LogP contribution in [0.5, 0.6) is 5.75 Å². The van der Waals surface area contributed by atoms with Crippen LogP contribution in [0.4, 0.5) is 0 Å². The standard InChI is InChI=1S/C17H19NO2/c1-14-7-9-15(10-8-14)13-17(19)18-11-12-20-16-5-3-2-4-6-16/h2-10H,11-13H2,1H3,(H,18,19). The van der Waals surface area contributed by atoms with Crippen molar-refractivity contribution in [3.8, 4) is 5.75 Å². The van der Waals surface area contributed by atoms with E-state index >= 15 is 0 Å². The predicted molar refractivity (Wildman–Crippen MR) is 79.8 cm³/mol. The van der Waals surface area contributed by atoms with Crippen molar-refractivity contribution in [1.82, 2.24) is 5.32 Å². The first-order valence-corrected chi connectivity index (χ1v) is 6.74. The van der Waals surface area contributed by atoms with Crippen LogP contribution < -0.4 is 10.1 Å². The van der Waals surface area contributed by atoms with Gasteiger partial charge >= 0.3 is 0 Å². The van der Waals surface area contributed by atoms with Crippen molar-refractivity contribution < 1.29 is 9.53 Å². The van der Waals surface area contributed by atoms with E-state index in [1.54, 1.807) is 0 Å². The summed E-state index contributed by atoms with van der Waals surface area (Å²) in [5.74, 6) is 0.839. The first-order valence-electron chi connectivity index (χ1n) is 6.74. The fourth-order valence-electron chi connectivity index (χ4n) is 1.83. The average Bonchev–Trinajstić information content (AvgIpc) is 2.47. The Bertz CT molecular complexity index is 535. The number of benzene rings is 2. The third kappa shape index (κ3) is 4.76. The number of para-hydroxylation sites is 1. The van der Waals surface area contributed by atoms with Crippen LogP contribution in [0.3, 0.4) is 0 Å². The molecule has 0 bridgehead atoms. The SMILES string of the molecule is Cc1ccc(CC(=O)NCCOc2ccccc2)cc1. The molecule has 0 aromatic heterocycles. The minimum absolute atomic E-state index is 0.0190. The molecule has 2 rings (SSSR count). The Kier molecular flexibility index (Phi) is 5.18. The van der Waals surface area contributed by atoms with Gasteiger partial charge < -0.3 is 10.1 Å². The second-order valence-corrected chi connectivity index (χ2v) is 4.67. The van der Waals surface area contributed by atoms with Crippen LogP contribution in [0, 0.1) is 6.92 Å². The van der Waals surface area contributed by atoms with Crippen molar-refractivity contribution in [2.45, 2.75) is 13.3 Å². The lowest BCUT2D eigenvalue weighted by Crippen LogP contribution is -2.29. The van der Waals surface area contributed by atoms with Crippen LogP contribution in [-0.4, -0.2) is 19.1 Å². The minimum Gasteiger partial charge on any atom is -0.492 e. The maximum Gasteiger partial charge on any atom is 0.224 e. The van der Waals surface area contributed by atoms with E-state index in [4.69, 9.17) is 4.74 Å². The maximum atomic E-state index is 11.7. The molecule has 1 amide bonds. The molecule has 0 saturated carbocycles. The fraction of sp³-hybridized carbons (Fsp3) is 0.235. The van der Waals surface area contributed by atoms with Crippen molar-refractivity contribution in [3.63, 3.8) is 0 Å². The van der Waals surface area contributed by atoms with Gasteiger partial charge in [0, 0.05) is 0 Å². The molecule has 0 saturated heterocycles. The summed E-state index contributed by atoms with van der Waals surface area (Å²) in [5.41, 5.74) is 2.22. The molecule has 2 aromatic rings. The second-order valence-electron chi connectivity index (χ2n) is 4.67. The number of hydrogen-bond donors (Lipinski definition) is 1. The molecule has 3 heteroatoms. The Morgan fingerprint density at radius 3 is 2.45 bits per heavy atom. The van der Waals surface area contributed by atoms with E-state index in [2.05, 4.69) is 5.32 Å². The van der Waals surface area contributed by atoms with Crippen molar-refractivity contribution in [2.75, 3.05) is 13.2 Å². The molecule has 104 valence electrons. The highest BCUT2D eigenvalue weighted by Crippen LogP contribution is 2.07. The number of nitrogens with one attached hydrogen (secondary N) is 1. The summed E-state index contributed by atoms with van der Waals surface area (Å²) in [7, 11) is 0. The van der Waals surface area contributed by atoms with Crippen LogP contribution in [0.1, 0.15) is 11.1 Å². The highest BCUT2D eigenvalue weighted by Gasteiger charge is 2.02. The summed E-state index contributed by atoms with van der Waals surface area (Å²) in [6.07, 6.45) is 0.408. The lowest BCUT2D eigenvalue weighted by atomic mass is 10.1. The lowest BCUT2D eigenvalue weighted by molar-refractivity contribution is -0.120. The molecule has 0 atom stereocenters. The first kappa shape index (κ1) is 14.1. The highest BCUT2D eigenvalue weighted by molar-refractivity contribution is 5.78. The number of rotatable bonds is 6. The molecule has 2 aromatic carbocycles. The van der Waals surface area contributed by atoms with E-state index in [0.717, 1.165) is 11.3 Å². The van der Waals surface area contributed by atoms with Gasteiger partial charge in [-0.1, -0.05) is 48.0 Å². The average molecular weight is 269 g/mol. The molecular formula is C17H19NO2. The number of carbonyl (C=O) groups is 1. The topological polar surface area (TPSA) is 38.3 Å². The van der Waals surface area contributed by atoms with Gasteiger partial charge in [-0.25, -0.2) is 0 Å². The number of ether oxygens (including phenoxy) is 1. The molecule has 1 N–H and O–H groups in total. The largest absolute Gasteiger partial charge is 0.492 e. The number of amides is 1. The summed E-state index contributed by atoms with van der Waals surface area (Å²) in [4.78, 5) is 11.7. The van der Waals surface area contributed by atoms with Crippen molar-refractivity contribution in [3.05, 3.63) is 65.7 Å². The normalized spacial score (nSPS) is 10.1. The van der Waals surface area contributed by atoms with Gasteiger partial charge in [0.15, 0.2) is 0 Å². The summed E-state index contributed by atoms with van der Waals surface area (Å²) in [6.45, 7) is 3.02. The Morgan fingerprint density at radius 2 is 1.75 bits per heavy atom. The van der Waals surface area contributed by atoms with Gasteiger partial charge in [0.2, 0.25) is 5.91 Å². The summed E-state index contributed by atoms with van der Waals surface area (Å²) in [6, 6.07) is 17.6. The van der Waals surface area contributed by atoms with E-state index in [-0.39, 0.29) is 5.91 Å². The van der Waals surface area contributed by atoms with E-state index in [0.29, 0.717) is 19.6 Å². The summed E-state index contributed by atoms with van der Waals surface area (Å²) < 4.78 is 5.51. The highest BCUT2D eigenvalue weighted by atomic mass is 16.5. The zero-order chi connectivity index (χ0) is 14.2. The molecule has 0 aliphatic heterocycles. The van der Waals surface area contributed by atoms with Crippen molar-refractivity contribution in [2.24, 2.45) is 0 Å². The number of hydrogen-bond acceptors (Lipinski definition) is 2. The molecular weight excluding hydrogens is 250 g/mol. The van der Waals surface area contributed by atoms with E-state index < -0.39 is 0 Å². The zero-order valence-electron chi connectivity index (χ0n) is 11.6. The van der Waals surface area contributed by atoms with Crippen molar-refractivity contribution >= 4 is 5.91 Å². The Morgan fingerprint density at radius 1 is 1.05 bits per heavy atom. The zero-order valence-corrected chi connectivity index (χ0v) is 11.6. The number of aryl methyl sites for hydroxylation is 1. The Labute approximate surface area is 119 Å². The van der Waals surface area contributed by atoms with Gasteiger partial charge in [-0.05, 0) is 24.6 Å². The first-order chi connectivity index (χ1) is 9.74. The van der Waals surface area contributed by atoms with Crippen LogP contribution in [0.15, 0.2) is 54.6 Å². The minimum atomic E-state index is 0.0190. The van der Waals surface area contributed by atoms with Crippen LogP contribution in [0.2, 0.25) is 0 Å². The van der Waals surface area contributed by atoms with Crippen LogP contribution >= 0.6 is 0 Å². The maximum absolute atomic E-state index is 11.7. The van der Waals surface area contributed by atoms with E-state index in [1.165, 1.54) is 5.56 Å². The fourth-order valence-corrected chi connectivity index (χ4v) is 1.83. The van der Waals surface area contributed by atoms with Gasteiger partial charge in [-0.15, -0.1) is 0 Å². The predicted octanol–water partition coefficient (Wildman–Crippen LogP) is 2.73. The quantitative estimate of drug-likeness (QED) is 0.819. The summed E-state index contributed by atoms with van der Waals surface area (Å²) >= 11 is 0. The molecule has 0 spiro atoms. The van der Waals surface area contributed by atoms with E-state index in [1.807, 2.05) is 61.5 Å². The molecule has 3 nitrogen and oxygen atoms in total. The van der Waals surface area contributed by atoms with Crippen LogP contribution in [-0.2, 0) is 11.2 Å². The molecule has 0 fully saturated rings. The van der Waals surface area contributed by atoms with Crippen molar-refractivity contribution in [1.29, 1.82) is 0 Å². The second kappa shape index (κ2) is 7.34. The Balaban J connectivity index is 1.66. The molecule has 0 heterocycles. The number of carbonyl (C=O) groups excluding carboxylic acids is 1. The smallest absolute Gasteiger partial charge is 0.224 e. The lowest BCUT2D eigenvalue weighted by Gasteiger charge is -2.07. The van der Waals surface area contributed by atoms with Gasteiger partial charge in [-0.2, -0.15) is 0 Å².